The summed E-state index contributed by atoms with van der Waals surface area (Å²) in [5.41, 5.74) is 2.71. The molecule has 90 valence electrons. The number of nitrogens with one attached hydrogen (secondary N) is 1. The number of aromatic nitrogens is 1. The number of H-pyrrole nitrogens is 1. The normalized spacial score (nSPS) is 12.0. The van der Waals surface area contributed by atoms with E-state index in [9.17, 15) is 0 Å². The van der Waals surface area contributed by atoms with Crippen LogP contribution in [0.5, 0.6) is 0 Å². The molecule has 2 rings (SSSR count). The molecule has 1 nitrogen and oxygen atoms in total. The Labute approximate surface area is 100 Å². The quantitative estimate of drug-likeness (QED) is 0.745. The zero-order chi connectivity index (χ0) is 12.0. The van der Waals surface area contributed by atoms with Crippen LogP contribution < -0.4 is 0 Å². The van der Waals surface area contributed by atoms with Gasteiger partial charge < -0.3 is 4.98 Å². The predicted octanol–water partition coefficient (Wildman–Crippen LogP) is 5.03. The Morgan fingerprint density at radius 3 is 2.62 bits per heavy atom. The molecular formula is C15H25N. The zero-order valence-electron chi connectivity index (χ0n) is 10.9. The molecule has 1 aromatic heterocycles. The van der Waals surface area contributed by atoms with Gasteiger partial charge in [-0.2, -0.15) is 0 Å². The Morgan fingerprint density at radius 1 is 1.25 bits per heavy atom. The van der Waals surface area contributed by atoms with Gasteiger partial charge in [0, 0.05) is 18.5 Å². The average molecular weight is 219 g/mol. The van der Waals surface area contributed by atoms with Crippen molar-refractivity contribution in [2.24, 2.45) is 5.92 Å². The summed E-state index contributed by atoms with van der Waals surface area (Å²) in [6.07, 6.45) is 4.58. The topological polar surface area (TPSA) is 15.8 Å². The third-order valence-corrected chi connectivity index (χ3v) is 2.94. The van der Waals surface area contributed by atoms with E-state index in [1.807, 2.05) is 13.8 Å². The number of aromatic amines is 1. The van der Waals surface area contributed by atoms with E-state index in [-0.39, 0.29) is 1.43 Å². The maximum atomic E-state index is 3.32. The highest BCUT2D eigenvalue weighted by Crippen LogP contribution is 2.21. The van der Waals surface area contributed by atoms with Crippen LogP contribution in [0.4, 0.5) is 0 Å². The molecule has 1 heterocycles. The van der Waals surface area contributed by atoms with Crippen LogP contribution in [0.2, 0.25) is 0 Å². The number of para-hydroxylation sites is 1. The summed E-state index contributed by atoms with van der Waals surface area (Å²) >= 11 is 0. The van der Waals surface area contributed by atoms with Crippen LogP contribution in [0.3, 0.4) is 0 Å². The van der Waals surface area contributed by atoms with Crippen LogP contribution in [0.1, 0.15) is 41.1 Å². The second kappa shape index (κ2) is 6.37. The fraction of sp³-hybridized carbons (Fsp3) is 0.467. The van der Waals surface area contributed by atoms with Crippen LogP contribution in [0, 0.1) is 5.92 Å². The molecule has 1 N–H and O–H groups in total. The summed E-state index contributed by atoms with van der Waals surface area (Å²) in [6, 6.07) is 8.52. The van der Waals surface area contributed by atoms with E-state index in [0.717, 1.165) is 5.92 Å². The SMILES string of the molecule is CC.CCC(C)Cc1c[nH]c2ccccc12.[HH]. The van der Waals surface area contributed by atoms with E-state index in [1.54, 1.807) is 0 Å². The molecule has 0 spiro atoms. The number of hydrogen-bond donors (Lipinski definition) is 1. The van der Waals surface area contributed by atoms with Crippen molar-refractivity contribution in [3.8, 4) is 0 Å². The molecule has 0 fully saturated rings. The molecule has 2 aromatic rings. The van der Waals surface area contributed by atoms with Gasteiger partial charge in [0.2, 0.25) is 0 Å². The highest BCUT2D eigenvalue weighted by Gasteiger charge is 2.05. The first-order valence-corrected chi connectivity index (χ1v) is 6.36. The monoisotopic (exact) mass is 219 g/mol. The van der Waals surface area contributed by atoms with E-state index < -0.39 is 0 Å². The van der Waals surface area contributed by atoms with Gasteiger partial charge >= 0.3 is 0 Å². The summed E-state index contributed by atoms with van der Waals surface area (Å²) in [6.45, 7) is 8.56. The van der Waals surface area contributed by atoms with E-state index in [4.69, 9.17) is 0 Å². The van der Waals surface area contributed by atoms with E-state index in [1.165, 1.54) is 29.3 Å². The molecule has 0 aliphatic heterocycles. The lowest BCUT2D eigenvalue weighted by atomic mass is 9.99. The summed E-state index contributed by atoms with van der Waals surface area (Å²) in [7, 11) is 0. The molecule has 1 unspecified atom stereocenters. The summed E-state index contributed by atoms with van der Waals surface area (Å²) in [4.78, 5) is 3.32. The third kappa shape index (κ3) is 2.88. The molecule has 0 saturated heterocycles. The van der Waals surface area contributed by atoms with Gasteiger partial charge in [-0.05, 0) is 24.0 Å². The standard InChI is InChI=1S/C13H17N.C2H6.H2/c1-3-10(2)8-11-9-14-13-7-5-4-6-12(11)13;1-2;/h4-7,9-10,14H,3,8H2,1-2H3;1-2H3;1H. The van der Waals surface area contributed by atoms with Crippen LogP contribution in [-0.4, -0.2) is 4.98 Å². The first kappa shape index (κ1) is 12.8. The summed E-state index contributed by atoms with van der Waals surface area (Å²) in [5, 5.41) is 1.38. The second-order valence-electron chi connectivity index (χ2n) is 4.08. The Balaban J connectivity index is 0.000000811. The van der Waals surface area contributed by atoms with Crippen molar-refractivity contribution >= 4 is 10.9 Å². The molecule has 0 bridgehead atoms. The third-order valence-electron chi connectivity index (χ3n) is 2.94. The van der Waals surface area contributed by atoms with Crippen LogP contribution in [0.15, 0.2) is 30.5 Å². The van der Waals surface area contributed by atoms with E-state index in [0.29, 0.717) is 0 Å². The van der Waals surface area contributed by atoms with Crippen molar-refractivity contribution < 1.29 is 1.43 Å². The van der Waals surface area contributed by atoms with Gasteiger partial charge in [0.05, 0.1) is 0 Å². The first-order chi connectivity index (χ1) is 7.81. The lowest BCUT2D eigenvalue weighted by Gasteiger charge is -2.06. The number of rotatable bonds is 3. The minimum absolute atomic E-state index is 0. The number of fused-ring (bicyclic) bond motifs is 1. The van der Waals surface area contributed by atoms with Gasteiger partial charge in [-0.15, -0.1) is 0 Å². The summed E-state index contributed by atoms with van der Waals surface area (Å²) in [5.74, 6) is 0.772. The summed E-state index contributed by atoms with van der Waals surface area (Å²) < 4.78 is 0. The number of benzene rings is 1. The van der Waals surface area contributed by atoms with Crippen molar-refractivity contribution in [3.05, 3.63) is 36.0 Å². The fourth-order valence-corrected chi connectivity index (χ4v) is 1.82. The van der Waals surface area contributed by atoms with Crippen molar-refractivity contribution in [2.75, 3.05) is 0 Å². The van der Waals surface area contributed by atoms with Gasteiger partial charge in [-0.1, -0.05) is 52.3 Å². The second-order valence-corrected chi connectivity index (χ2v) is 4.08. The van der Waals surface area contributed by atoms with Crippen LogP contribution >= 0.6 is 0 Å². The Morgan fingerprint density at radius 2 is 1.94 bits per heavy atom. The van der Waals surface area contributed by atoms with Gasteiger partial charge in [0.15, 0.2) is 0 Å². The molecule has 1 atom stereocenters. The highest BCUT2D eigenvalue weighted by atomic mass is 14.7. The molecule has 0 aliphatic carbocycles. The molecule has 0 radical (unpaired) electrons. The number of hydrogen-bond acceptors (Lipinski definition) is 0. The van der Waals surface area contributed by atoms with Crippen molar-refractivity contribution in [1.82, 2.24) is 4.98 Å². The maximum Gasteiger partial charge on any atom is 0.0456 e. The van der Waals surface area contributed by atoms with Gasteiger partial charge in [0.1, 0.15) is 0 Å². The molecule has 0 aliphatic rings. The predicted molar refractivity (Wildman–Crippen MR) is 74.9 cm³/mol. The molecule has 16 heavy (non-hydrogen) atoms. The van der Waals surface area contributed by atoms with Gasteiger partial charge in [-0.25, -0.2) is 0 Å². The molecular weight excluding hydrogens is 194 g/mol. The van der Waals surface area contributed by atoms with Gasteiger partial charge in [0.25, 0.3) is 0 Å². The van der Waals surface area contributed by atoms with Crippen molar-refractivity contribution in [2.45, 2.75) is 40.5 Å². The zero-order valence-corrected chi connectivity index (χ0v) is 10.9. The minimum atomic E-state index is 0. The van der Waals surface area contributed by atoms with Gasteiger partial charge in [-0.3, -0.25) is 0 Å². The minimum Gasteiger partial charge on any atom is -0.361 e. The molecule has 0 amide bonds. The lowest BCUT2D eigenvalue weighted by Crippen LogP contribution is -1.96. The van der Waals surface area contributed by atoms with Crippen LogP contribution in [0.25, 0.3) is 10.9 Å². The van der Waals surface area contributed by atoms with Crippen molar-refractivity contribution in [1.29, 1.82) is 0 Å². The molecule has 0 saturated carbocycles. The van der Waals surface area contributed by atoms with Crippen LogP contribution in [-0.2, 0) is 6.42 Å². The Kier molecular flexibility index (Phi) is 5.10. The van der Waals surface area contributed by atoms with E-state index >= 15 is 0 Å². The maximum absolute atomic E-state index is 3.32. The average Bonchev–Trinajstić information content (AvgIpc) is 2.75. The fourth-order valence-electron chi connectivity index (χ4n) is 1.82. The Hall–Kier alpha value is -1.24. The van der Waals surface area contributed by atoms with Crippen molar-refractivity contribution in [3.63, 3.8) is 0 Å². The highest BCUT2D eigenvalue weighted by molar-refractivity contribution is 5.83. The Bertz CT molecular complexity index is 420. The first-order valence-electron chi connectivity index (χ1n) is 6.36. The lowest BCUT2D eigenvalue weighted by molar-refractivity contribution is 0.562. The molecule has 1 aromatic carbocycles. The molecule has 1 heteroatoms. The smallest absolute Gasteiger partial charge is 0.0456 e. The largest absolute Gasteiger partial charge is 0.361 e. The van der Waals surface area contributed by atoms with E-state index in [2.05, 4.69) is 49.3 Å².